The largest absolute Gasteiger partial charge is 0.476 e. The minimum Gasteiger partial charge on any atom is -0.476 e. The molecule has 1 aromatic heterocycles. The highest BCUT2D eigenvalue weighted by Gasteiger charge is 2.22. The van der Waals surface area contributed by atoms with E-state index >= 15 is 0 Å². The van der Waals surface area contributed by atoms with Crippen LogP contribution < -0.4 is 4.90 Å². The summed E-state index contributed by atoms with van der Waals surface area (Å²) in [6.07, 6.45) is 0. The normalized spacial score (nSPS) is 10.4. The van der Waals surface area contributed by atoms with Gasteiger partial charge in [-0.05, 0) is 17.7 Å². The first-order valence-corrected chi connectivity index (χ1v) is 6.90. The van der Waals surface area contributed by atoms with E-state index in [2.05, 4.69) is 4.98 Å². The Bertz CT molecular complexity index is 651. The standard InChI is InChI=1S/C14H13FN2O3S/c1-8(18)12-11(13(19)20)16-14(21-12)17(2)7-9-3-5-10(15)6-4-9/h3-6H,7H2,1-2H3,(H,19,20). The average Bonchev–Trinajstić information content (AvgIpc) is 2.87. The van der Waals surface area contributed by atoms with Crippen LogP contribution in [0.2, 0.25) is 0 Å². The van der Waals surface area contributed by atoms with Crippen molar-refractivity contribution in [3.8, 4) is 0 Å². The Kier molecular flexibility index (Phi) is 4.32. The van der Waals surface area contributed by atoms with Crippen LogP contribution in [-0.4, -0.2) is 28.9 Å². The van der Waals surface area contributed by atoms with E-state index < -0.39 is 5.97 Å². The number of hydrogen-bond acceptors (Lipinski definition) is 5. The van der Waals surface area contributed by atoms with E-state index in [-0.39, 0.29) is 22.2 Å². The maximum absolute atomic E-state index is 12.9. The van der Waals surface area contributed by atoms with Gasteiger partial charge in [-0.2, -0.15) is 0 Å². The van der Waals surface area contributed by atoms with Gasteiger partial charge in [-0.25, -0.2) is 14.2 Å². The Morgan fingerprint density at radius 2 is 1.95 bits per heavy atom. The lowest BCUT2D eigenvalue weighted by Crippen LogP contribution is -2.16. The third kappa shape index (κ3) is 3.43. The molecule has 0 aliphatic carbocycles. The van der Waals surface area contributed by atoms with Gasteiger partial charge in [0.1, 0.15) is 10.7 Å². The van der Waals surface area contributed by atoms with Crippen LogP contribution in [0, 0.1) is 5.82 Å². The van der Waals surface area contributed by atoms with Gasteiger partial charge < -0.3 is 10.0 Å². The number of anilines is 1. The molecule has 0 saturated heterocycles. The van der Waals surface area contributed by atoms with Crippen molar-refractivity contribution in [2.24, 2.45) is 0 Å². The molecule has 1 heterocycles. The van der Waals surface area contributed by atoms with Crippen molar-refractivity contribution in [3.05, 3.63) is 46.2 Å². The number of carbonyl (C=O) groups excluding carboxylic acids is 1. The lowest BCUT2D eigenvalue weighted by Gasteiger charge is -2.15. The van der Waals surface area contributed by atoms with E-state index in [1.54, 1.807) is 24.1 Å². The van der Waals surface area contributed by atoms with Crippen molar-refractivity contribution >= 4 is 28.2 Å². The van der Waals surface area contributed by atoms with Crippen molar-refractivity contribution in [2.75, 3.05) is 11.9 Å². The molecule has 1 aromatic carbocycles. The first kappa shape index (κ1) is 15.1. The molecule has 2 aromatic rings. The number of thiazole rings is 1. The second kappa shape index (κ2) is 6.01. The summed E-state index contributed by atoms with van der Waals surface area (Å²) in [5, 5.41) is 9.49. The fourth-order valence-electron chi connectivity index (χ4n) is 1.79. The minimum atomic E-state index is -1.22. The van der Waals surface area contributed by atoms with Crippen LogP contribution in [0.5, 0.6) is 0 Å². The molecule has 110 valence electrons. The van der Waals surface area contributed by atoms with Crippen LogP contribution in [0.15, 0.2) is 24.3 Å². The SMILES string of the molecule is CC(=O)c1sc(N(C)Cc2ccc(F)cc2)nc1C(=O)O. The van der Waals surface area contributed by atoms with Gasteiger partial charge in [-0.3, -0.25) is 4.79 Å². The summed E-state index contributed by atoms with van der Waals surface area (Å²) in [5.74, 6) is -1.87. The van der Waals surface area contributed by atoms with Gasteiger partial charge >= 0.3 is 5.97 Å². The molecule has 0 atom stereocenters. The molecule has 0 aliphatic rings. The first-order chi connectivity index (χ1) is 9.88. The molecule has 21 heavy (non-hydrogen) atoms. The van der Waals surface area contributed by atoms with Crippen molar-refractivity contribution in [1.82, 2.24) is 4.98 Å². The summed E-state index contributed by atoms with van der Waals surface area (Å²) in [4.78, 5) is 28.4. The van der Waals surface area contributed by atoms with Crippen LogP contribution in [0.25, 0.3) is 0 Å². The topological polar surface area (TPSA) is 70.5 Å². The van der Waals surface area contributed by atoms with Crippen LogP contribution >= 0.6 is 11.3 Å². The van der Waals surface area contributed by atoms with Crippen LogP contribution in [0.3, 0.4) is 0 Å². The third-order valence-electron chi connectivity index (χ3n) is 2.80. The van der Waals surface area contributed by atoms with Crippen molar-refractivity contribution < 1.29 is 19.1 Å². The van der Waals surface area contributed by atoms with Gasteiger partial charge in [0.05, 0.1) is 0 Å². The second-order valence-corrected chi connectivity index (χ2v) is 5.50. The lowest BCUT2D eigenvalue weighted by atomic mass is 10.2. The van der Waals surface area contributed by atoms with Gasteiger partial charge in [0.25, 0.3) is 0 Å². The van der Waals surface area contributed by atoms with E-state index in [4.69, 9.17) is 5.11 Å². The molecule has 0 aliphatic heterocycles. The molecule has 0 spiro atoms. The summed E-state index contributed by atoms with van der Waals surface area (Å²) < 4.78 is 12.9. The summed E-state index contributed by atoms with van der Waals surface area (Å²) in [7, 11) is 1.73. The van der Waals surface area contributed by atoms with Crippen LogP contribution in [-0.2, 0) is 6.54 Å². The predicted octanol–water partition coefficient (Wildman–Crippen LogP) is 2.82. The Morgan fingerprint density at radius 3 is 2.43 bits per heavy atom. The van der Waals surface area contributed by atoms with E-state index in [9.17, 15) is 14.0 Å². The number of carboxylic acid groups (broad SMARTS) is 1. The number of hydrogen-bond donors (Lipinski definition) is 1. The Labute approximate surface area is 124 Å². The maximum Gasteiger partial charge on any atom is 0.356 e. The van der Waals surface area contributed by atoms with Crippen molar-refractivity contribution in [2.45, 2.75) is 13.5 Å². The predicted molar refractivity (Wildman–Crippen MR) is 77.6 cm³/mol. The summed E-state index contributed by atoms with van der Waals surface area (Å²) in [5.41, 5.74) is 0.629. The number of carboxylic acids is 1. The highest BCUT2D eigenvalue weighted by atomic mass is 32.1. The van der Waals surface area contributed by atoms with Crippen LogP contribution in [0.1, 0.15) is 32.6 Å². The highest BCUT2D eigenvalue weighted by Crippen LogP contribution is 2.27. The zero-order chi connectivity index (χ0) is 15.6. The van der Waals surface area contributed by atoms with Gasteiger partial charge in [-0.1, -0.05) is 23.5 Å². The number of halogens is 1. The van der Waals surface area contributed by atoms with E-state index in [1.165, 1.54) is 19.1 Å². The summed E-state index contributed by atoms with van der Waals surface area (Å²) in [6.45, 7) is 1.74. The fourth-order valence-corrected chi connectivity index (χ4v) is 2.70. The van der Waals surface area contributed by atoms with E-state index in [0.717, 1.165) is 16.9 Å². The molecule has 7 heteroatoms. The molecular weight excluding hydrogens is 295 g/mol. The highest BCUT2D eigenvalue weighted by molar-refractivity contribution is 7.17. The molecule has 2 rings (SSSR count). The zero-order valence-electron chi connectivity index (χ0n) is 11.5. The number of carbonyl (C=O) groups is 2. The molecule has 0 bridgehead atoms. The van der Waals surface area contributed by atoms with Crippen molar-refractivity contribution in [3.63, 3.8) is 0 Å². The second-order valence-electron chi connectivity index (χ2n) is 4.52. The fraction of sp³-hybridized carbons (Fsp3) is 0.214. The molecule has 0 unspecified atom stereocenters. The number of aromatic nitrogens is 1. The number of ketones is 1. The maximum atomic E-state index is 12.9. The van der Waals surface area contributed by atoms with E-state index in [1.807, 2.05) is 0 Å². The van der Waals surface area contributed by atoms with Crippen LogP contribution in [0.4, 0.5) is 9.52 Å². The quantitative estimate of drug-likeness (QED) is 0.860. The number of benzene rings is 1. The molecular formula is C14H13FN2O3S. The van der Waals surface area contributed by atoms with E-state index in [0.29, 0.717) is 11.7 Å². The first-order valence-electron chi connectivity index (χ1n) is 6.09. The number of rotatable bonds is 5. The zero-order valence-corrected chi connectivity index (χ0v) is 12.3. The Morgan fingerprint density at radius 1 is 1.33 bits per heavy atom. The van der Waals surface area contributed by atoms with Gasteiger partial charge in [0.2, 0.25) is 0 Å². The molecule has 0 radical (unpaired) electrons. The molecule has 5 nitrogen and oxygen atoms in total. The molecule has 1 N–H and O–H groups in total. The Hall–Kier alpha value is -2.28. The smallest absolute Gasteiger partial charge is 0.356 e. The number of Topliss-reactive ketones (excluding diaryl/α,β-unsaturated/α-hetero) is 1. The molecule has 0 fully saturated rings. The molecule has 0 amide bonds. The molecule has 0 saturated carbocycles. The average molecular weight is 308 g/mol. The minimum absolute atomic E-state index is 0.128. The van der Waals surface area contributed by atoms with Gasteiger partial charge in [0.15, 0.2) is 16.6 Å². The Balaban J connectivity index is 2.25. The summed E-state index contributed by atoms with van der Waals surface area (Å²) >= 11 is 1.04. The van der Waals surface area contributed by atoms with Crippen molar-refractivity contribution in [1.29, 1.82) is 0 Å². The monoisotopic (exact) mass is 308 g/mol. The third-order valence-corrected chi connectivity index (χ3v) is 4.07. The number of nitrogens with zero attached hydrogens (tertiary/aromatic N) is 2. The number of aromatic carboxylic acids is 1. The summed E-state index contributed by atoms with van der Waals surface area (Å²) in [6, 6.07) is 6.00. The van der Waals surface area contributed by atoms with Gasteiger partial charge in [0, 0.05) is 20.5 Å². The van der Waals surface area contributed by atoms with Gasteiger partial charge in [-0.15, -0.1) is 0 Å². The lowest BCUT2D eigenvalue weighted by molar-refractivity contribution is 0.0687.